The maximum Gasteiger partial charge on any atom is 0.166 e. The monoisotopic (exact) mass is 273 g/mol. The van der Waals surface area contributed by atoms with Crippen LogP contribution >= 0.6 is 0 Å². The van der Waals surface area contributed by atoms with E-state index in [4.69, 9.17) is 9.47 Å². The third kappa shape index (κ3) is 2.08. The minimum absolute atomic E-state index is 0.110. The Hall–Kier alpha value is -1.22. The van der Waals surface area contributed by atoms with Gasteiger partial charge in [0.05, 0.1) is 6.10 Å². The lowest BCUT2D eigenvalue weighted by atomic mass is 9.93. The molecule has 1 aromatic carbocycles. The minimum atomic E-state index is -0.110. The Bertz CT molecular complexity index is 548. The van der Waals surface area contributed by atoms with Crippen LogP contribution in [0.15, 0.2) is 12.1 Å². The quantitative estimate of drug-likeness (QED) is 0.896. The summed E-state index contributed by atoms with van der Waals surface area (Å²) in [7, 11) is 0. The van der Waals surface area contributed by atoms with Gasteiger partial charge >= 0.3 is 0 Å². The summed E-state index contributed by atoms with van der Waals surface area (Å²) in [5.74, 6) is 1.98. The second kappa shape index (κ2) is 4.14. The van der Waals surface area contributed by atoms with Crippen molar-refractivity contribution >= 4 is 0 Å². The second-order valence-electron chi connectivity index (χ2n) is 7.17. The van der Waals surface area contributed by atoms with E-state index in [0.29, 0.717) is 12.1 Å². The average Bonchev–Trinajstić information content (AvgIpc) is 3.10. The van der Waals surface area contributed by atoms with Gasteiger partial charge < -0.3 is 14.8 Å². The molecule has 3 heteroatoms. The number of hydrogen-bond donors (Lipinski definition) is 1. The number of fused-ring (bicyclic) bond motifs is 3. The van der Waals surface area contributed by atoms with Gasteiger partial charge in [0, 0.05) is 36.1 Å². The Morgan fingerprint density at radius 1 is 1.20 bits per heavy atom. The number of nitrogens with one attached hydrogen (secondary N) is 1. The average molecular weight is 273 g/mol. The molecule has 1 saturated carbocycles. The summed E-state index contributed by atoms with van der Waals surface area (Å²) >= 11 is 0. The van der Waals surface area contributed by atoms with Crippen molar-refractivity contribution in [3.8, 4) is 11.5 Å². The fourth-order valence-electron chi connectivity index (χ4n) is 3.44. The summed E-state index contributed by atoms with van der Waals surface area (Å²) in [6, 6.07) is 5.59. The lowest BCUT2D eigenvalue weighted by Gasteiger charge is -2.32. The van der Waals surface area contributed by atoms with Gasteiger partial charge in [0.15, 0.2) is 11.5 Å². The predicted molar refractivity (Wildman–Crippen MR) is 78.5 cm³/mol. The van der Waals surface area contributed by atoms with E-state index in [1.165, 1.54) is 24.0 Å². The first kappa shape index (κ1) is 12.5. The normalized spacial score (nSPS) is 30.1. The lowest BCUT2D eigenvalue weighted by Crippen LogP contribution is -2.33. The molecule has 0 aromatic heterocycles. The van der Waals surface area contributed by atoms with Gasteiger partial charge in [-0.1, -0.05) is 12.1 Å². The summed E-state index contributed by atoms with van der Waals surface area (Å²) < 4.78 is 12.3. The van der Waals surface area contributed by atoms with Crippen molar-refractivity contribution in [2.24, 2.45) is 0 Å². The molecule has 20 heavy (non-hydrogen) atoms. The van der Waals surface area contributed by atoms with Crippen LogP contribution in [-0.4, -0.2) is 17.7 Å². The van der Waals surface area contributed by atoms with E-state index >= 15 is 0 Å². The molecule has 1 aliphatic carbocycles. The van der Waals surface area contributed by atoms with Gasteiger partial charge in [-0.3, -0.25) is 0 Å². The molecule has 0 bridgehead atoms. The van der Waals surface area contributed by atoms with Crippen molar-refractivity contribution in [2.75, 3.05) is 0 Å². The molecule has 0 amide bonds. The maximum atomic E-state index is 6.16. The SMILES string of the molecule is CC1CC(NC2CC2)c2ccc3c(c2O1)OC(C)(C)C3. The molecule has 108 valence electrons. The van der Waals surface area contributed by atoms with E-state index in [2.05, 4.69) is 38.2 Å². The van der Waals surface area contributed by atoms with E-state index in [-0.39, 0.29) is 11.7 Å². The molecule has 1 fully saturated rings. The summed E-state index contributed by atoms with van der Waals surface area (Å²) in [6.45, 7) is 6.45. The molecule has 4 rings (SSSR count). The molecule has 2 aliphatic heterocycles. The Kier molecular flexibility index (Phi) is 2.59. The Morgan fingerprint density at radius 2 is 2.00 bits per heavy atom. The molecule has 0 radical (unpaired) electrons. The highest BCUT2D eigenvalue weighted by atomic mass is 16.5. The van der Waals surface area contributed by atoms with Gasteiger partial charge in [-0.25, -0.2) is 0 Å². The summed E-state index contributed by atoms with van der Waals surface area (Å²) in [5, 5.41) is 3.76. The molecule has 1 N–H and O–H groups in total. The van der Waals surface area contributed by atoms with Gasteiger partial charge in [0.25, 0.3) is 0 Å². The van der Waals surface area contributed by atoms with Crippen LogP contribution < -0.4 is 14.8 Å². The van der Waals surface area contributed by atoms with Crippen LogP contribution in [0.1, 0.15) is 57.2 Å². The Balaban J connectivity index is 1.73. The number of hydrogen-bond acceptors (Lipinski definition) is 3. The van der Waals surface area contributed by atoms with Gasteiger partial charge in [-0.05, 0) is 33.6 Å². The molecule has 2 heterocycles. The maximum absolute atomic E-state index is 6.16. The minimum Gasteiger partial charge on any atom is -0.486 e. The molecule has 2 atom stereocenters. The molecular formula is C17H23NO2. The highest BCUT2D eigenvalue weighted by Crippen LogP contribution is 2.49. The van der Waals surface area contributed by atoms with E-state index in [9.17, 15) is 0 Å². The first-order valence-electron chi connectivity index (χ1n) is 7.79. The first-order chi connectivity index (χ1) is 9.52. The van der Waals surface area contributed by atoms with Crippen molar-refractivity contribution in [3.63, 3.8) is 0 Å². The van der Waals surface area contributed by atoms with E-state index in [1.807, 2.05) is 0 Å². The zero-order valence-corrected chi connectivity index (χ0v) is 12.5. The van der Waals surface area contributed by atoms with Crippen molar-refractivity contribution < 1.29 is 9.47 Å². The van der Waals surface area contributed by atoms with Gasteiger partial charge in [-0.15, -0.1) is 0 Å². The molecular weight excluding hydrogens is 250 g/mol. The van der Waals surface area contributed by atoms with Crippen molar-refractivity contribution in [1.82, 2.24) is 5.32 Å². The van der Waals surface area contributed by atoms with Crippen LogP contribution in [0.3, 0.4) is 0 Å². The fraction of sp³-hybridized carbons (Fsp3) is 0.647. The standard InChI is InChI=1S/C17H23NO2/c1-10-8-14(18-12-5-6-12)13-7-4-11-9-17(2,3)20-15(11)16(13)19-10/h4,7,10,12,14,18H,5-6,8-9H2,1-3H3. The zero-order chi connectivity index (χ0) is 13.9. The topological polar surface area (TPSA) is 30.5 Å². The van der Waals surface area contributed by atoms with Crippen LogP contribution in [0, 0.1) is 0 Å². The van der Waals surface area contributed by atoms with Crippen LogP contribution in [0.5, 0.6) is 11.5 Å². The van der Waals surface area contributed by atoms with Crippen molar-refractivity contribution in [3.05, 3.63) is 23.3 Å². The Labute approximate surface area is 120 Å². The smallest absolute Gasteiger partial charge is 0.166 e. The molecule has 3 aliphatic rings. The van der Waals surface area contributed by atoms with E-state index in [1.54, 1.807) is 0 Å². The predicted octanol–water partition coefficient (Wildman–Crippen LogP) is 3.36. The third-order valence-electron chi connectivity index (χ3n) is 4.49. The Morgan fingerprint density at radius 3 is 2.75 bits per heavy atom. The van der Waals surface area contributed by atoms with Crippen molar-refractivity contribution in [2.45, 2.75) is 70.2 Å². The highest BCUT2D eigenvalue weighted by molar-refractivity contribution is 5.56. The molecule has 0 spiro atoms. The fourth-order valence-corrected chi connectivity index (χ4v) is 3.44. The lowest BCUT2D eigenvalue weighted by molar-refractivity contribution is 0.116. The van der Waals surface area contributed by atoms with Crippen molar-refractivity contribution in [1.29, 1.82) is 0 Å². The molecule has 0 saturated heterocycles. The summed E-state index contributed by atoms with van der Waals surface area (Å²) in [6.07, 6.45) is 4.89. The highest BCUT2D eigenvalue weighted by Gasteiger charge is 2.38. The number of benzene rings is 1. The van der Waals surface area contributed by atoms with Crippen LogP contribution in [0.25, 0.3) is 0 Å². The molecule has 3 nitrogen and oxygen atoms in total. The third-order valence-corrected chi connectivity index (χ3v) is 4.49. The first-order valence-corrected chi connectivity index (χ1v) is 7.79. The van der Waals surface area contributed by atoms with Crippen LogP contribution in [0.2, 0.25) is 0 Å². The second-order valence-corrected chi connectivity index (χ2v) is 7.17. The summed E-state index contributed by atoms with van der Waals surface area (Å²) in [5.41, 5.74) is 2.46. The van der Waals surface area contributed by atoms with Gasteiger partial charge in [0.1, 0.15) is 5.60 Å². The van der Waals surface area contributed by atoms with E-state index in [0.717, 1.165) is 24.3 Å². The van der Waals surface area contributed by atoms with Gasteiger partial charge in [-0.2, -0.15) is 0 Å². The van der Waals surface area contributed by atoms with E-state index < -0.39 is 0 Å². The van der Waals surface area contributed by atoms with Crippen LogP contribution in [-0.2, 0) is 6.42 Å². The summed E-state index contributed by atoms with van der Waals surface area (Å²) in [4.78, 5) is 0. The largest absolute Gasteiger partial charge is 0.486 e. The molecule has 1 aromatic rings. The molecule has 2 unspecified atom stereocenters. The van der Waals surface area contributed by atoms with Gasteiger partial charge in [0.2, 0.25) is 0 Å². The zero-order valence-electron chi connectivity index (χ0n) is 12.5. The number of ether oxygens (including phenoxy) is 2. The number of rotatable bonds is 2. The van der Waals surface area contributed by atoms with Crippen LogP contribution in [0.4, 0.5) is 0 Å².